The van der Waals surface area contributed by atoms with Gasteiger partial charge in [0.1, 0.15) is 10.3 Å². The first-order chi connectivity index (χ1) is 15.9. The van der Waals surface area contributed by atoms with E-state index in [2.05, 4.69) is 10.4 Å². The molecule has 1 aliphatic rings. The molecule has 0 unspecified atom stereocenters. The number of benzene rings is 2. The summed E-state index contributed by atoms with van der Waals surface area (Å²) >= 11 is 1.15. The van der Waals surface area contributed by atoms with Crippen LogP contribution in [0.1, 0.15) is 16.8 Å². The fourth-order valence-corrected chi connectivity index (χ4v) is 6.77. The fourth-order valence-electron chi connectivity index (χ4n) is 4.08. The van der Waals surface area contributed by atoms with Crippen molar-refractivity contribution < 1.29 is 13.2 Å². The van der Waals surface area contributed by atoms with Crippen LogP contribution in [0.5, 0.6) is 0 Å². The average Bonchev–Trinajstić information content (AvgIpc) is 3.51. The Labute approximate surface area is 196 Å². The number of aryl methyl sites for hydroxylation is 1. The van der Waals surface area contributed by atoms with Crippen molar-refractivity contribution in [2.24, 2.45) is 0 Å². The van der Waals surface area contributed by atoms with E-state index in [9.17, 15) is 13.2 Å². The van der Waals surface area contributed by atoms with Gasteiger partial charge in [0.25, 0.3) is 10.0 Å². The number of fused-ring (bicyclic) bond motifs is 1. The van der Waals surface area contributed by atoms with Gasteiger partial charge in [-0.15, -0.1) is 11.3 Å². The third kappa shape index (κ3) is 4.10. The minimum atomic E-state index is -3.82. The zero-order valence-electron chi connectivity index (χ0n) is 17.9. The summed E-state index contributed by atoms with van der Waals surface area (Å²) in [6, 6.07) is 19.3. The summed E-state index contributed by atoms with van der Waals surface area (Å²) in [5, 5.41) is 8.97. The van der Waals surface area contributed by atoms with E-state index in [1.165, 1.54) is 4.31 Å². The van der Waals surface area contributed by atoms with E-state index in [-0.39, 0.29) is 16.7 Å². The average molecular weight is 479 g/mol. The topological polar surface area (TPSA) is 84.3 Å². The van der Waals surface area contributed by atoms with E-state index in [0.717, 1.165) is 33.8 Å². The van der Waals surface area contributed by atoms with Crippen LogP contribution in [0.25, 0.3) is 5.69 Å². The SMILES string of the molecule is Cc1ccnn1-c1cccc(NC(=O)[C@@H]2Cc3ccccc3CN2S(=O)(=O)c2cccs2)c1. The van der Waals surface area contributed by atoms with Gasteiger partial charge in [-0.25, -0.2) is 13.1 Å². The zero-order chi connectivity index (χ0) is 23.0. The molecular formula is C24H22N4O3S2. The molecule has 7 nitrogen and oxygen atoms in total. The fraction of sp³-hybridized carbons (Fsp3) is 0.167. The molecule has 2 aromatic carbocycles. The van der Waals surface area contributed by atoms with Gasteiger partial charge in [0.15, 0.2) is 0 Å². The third-order valence-corrected chi connectivity index (χ3v) is 8.98. The second-order valence-electron chi connectivity index (χ2n) is 7.89. The van der Waals surface area contributed by atoms with Crippen LogP contribution in [0.2, 0.25) is 0 Å². The molecule has 168 valence electrons. The van der Waals surface area contributed by atoms with Gasteiger partial charge in [0, 0.05) is 24.1 Å². The number of hydrogen-bond acceptors (Lipinski definition) is 5. The van der Waals surface area contributed by atoms with Crippen molar-refractivity contribution >= 4 is 33.0 Å². The summed E-state index contributed by atoms with van der Waals surface area (Å²) in [7, 11) is -3.82. The van der Waals surface area contributed by atoms with Crippen LogP contribution >= 0.6 is 11.3 Å². The van der Waals surface area contributed by atoms with E-state index in [1.54, 1.807) is 34.5 Å². The number of nitrogens with one attached hydrogen (secondary N) is 1. The highest BCUT2D eigenvalue weighted by molar-refractivity contribution is 7.91. The molecule has 0 aliphatic carbocycles. The van der Waals surface area contributed by atoms with Gasteiger partial charge in [0.05, 0.1) is 5.69 Å². The molecule has 3 heterocycles. The maximum absolute atomic E-state index is 13.4. The number of aromatic nitrogens is 2. The molecule has 0 saturated heterocycles. The monoisotopic (exact) mass is 478 g/mol. The van der Waals surface area contributed by atoms with Gasteiger partial charge >= 0.3 is 0 Å². The summed E-state index contributed by atoms with van der Waals surface area (Å²) in [5.41, 5.74) is 4.26. The van der Waals surface area contributed by atoms with E-state index < -0.39 is 16.1 Å². The summed E-state index contributed by atoms with van der Waals surface area (Å²) in [6.45, 7) is 2.10. The van der Waals surface area contributed by atoms with E-state index in [0.29, 0.717) is 12.1 Å². The second-order valence-corrected chi connectivity index (χ2v) is 11.0. The van der Waals surface area contributed by atoms with Gasteiger partial charge in [-0.3, -0.25) is 4.79 Å². The molecule has 5 rings (SSSR count). The number of sulfonamides is 1. The molecule has 0 bridgehead atoms. The Hall–Kier alpha value is -3.27. The first-order valence-electron chi connectivity index (χ1n) is 10.5. The van der Waals surface area contributed by atoms with Crippen LogP contribution < -0.4 is 5.32 Å². The molecule has 1 aliphatic heterocycles. The summed E-state index contributed by atoms with van der Waals surface area (Å²) in [4.78, 5) is 13.4. The zero-order valence-corrected chi connectivity index (χ0v) is 19.5. The van der Waals surface area contributed by atoms with Crippen molar-refractivity contribution in [3.63, 3.8) is 0 Å². The quantitative estimate of drug-likeness (QED) is 0.470. The molecule has 4 aromatic rings. The first kappa shape index (κ1) is 21.6. The highest BCUT2D eigenvalue weighted by atomic mass is 32.2. The number of amides is 1. The number of nitrogens with zero attached hydrogens (tertiary/aromatic N) is 3. The van der Waals surface area contributed by atoms with Crippen LogP contribution in [0.4, 0.5) is 5.69 Å². The number of anilines is 1. The van der Waals surface area contributed by atoms with Crippen molar-refractivity contribution in [1.82, 2.24) is 14.1 Å². The van der Waals surface area contributed by atoms with E-state index in [1.807, 2.05) is 55.5 Å². The Morgan fingerprint density at radius 2 is 1.88 bits per heavy atom. The maximum atomic E-state index is 13.4. The third-order valence-electron chi connectivity index (χ3n) is 5.76. The Morgan fingerprint density at radius 3 is 2.61 bits per heavy atom. The van der Waals surface area contributed by atoms with Crippen molar-refractivity contribution in [2.75, 3.05) is 5.32 Å². The van der Waals surface area contributed by atoms with Gasteiger partial charge < -0.3 is 5.32 Å². The van der Waals surface area contributed by atoms with Crippen LogP contribution in [-0.4, -0.2) is 34.5 Å². The maximum Gasteiger partial charge on any atom is 0.253 e. The Kier molecular flexibility index (Phi) is 5.61. The van der Waals surface area contributed by atoms with E-state index in [4.69, 9.17) is 0 Å². The minimum Gasteiger partial charge on any atom is -0.325 e. The molecule has 0 fully saturated rings. The lowest BCUT2D eigenvalue weighted by molar-refractivity contribution is -0.120. The Balaban J connectivity index is 1.47. The number of hydrogen-bond donors (Lipinski definition) is 1. The normalized spacial score (nSPS) is 16.3. The molecule has 9 heteroatoms. The highest BCUT2D eigenvalue weighted by Crippen LogP contribution is 2.31. The summed E-state index contributed by atoms with van der Waals surface area (Å²) < 4.78 is 30.2. The van der Waals surface area contributed by atoms with Gasteiger partial charge in [-0.2, -0.15) is 9.40 Å². The molecule has 33 heavy (non-hydrogen) atoms. The van der Waals surface area contributed by atoms with Crippen molar-refractivity contribution in [1.29, 1.82) is 0 Å². The molecule has 0 spiro atoms. The minimum absolute atomic E-state index is 0.154. The number of carbonyl (C=O) groups excluding carboxylic acids is 1. The molecule has 1 atom stereocenters. The predicted octanol–water partition coefficient (Wildman–Crippen LogP) is 4.00. The van der Waals surface area contributed by atoms with Gasteiger partial charge in [-0.05, 0) is 60.2 Å². The largest absolute Gasteiger partial charge is 0.325 e. The van der Waals surface area contributed by atoms with Crippen LogP contribution in [0, 0.1) is 6.92 Å². The highest BCUT2D eigenvalue weighted by Gasteiger charge is 2.40. The molecular weight excluding hydrogens is 456 g/mol. The van der Waals surface area contributed by atoms with Crippen LogP contribution in [-0.2, 0) is 27.8 Å². The molecule has 0 radical (unpaired) electrons. The summed E-state index contributed by atoms with van der Waals surface area (Å²) in [6.07, 6.45) is 2.03. The van der Waals surface area contributed by atoms with Crippen LogP contribution in [0.15, 0.2) is 82.5 Å². The lowest BCUT2D eigenvalue weighted by Gasteiger charge is -2.34. The lowest BCUT2D eigenvalue weighted by atomic mass is 9.95. The van der Waals surface area contributed by atoms with Gasteiger partial charge in [0.2, 0.25) is 5.91 Å². The lowest BCUT2D eigenvalue weighted by Crippen LogP contribution is -2.50. The van der Waals surface area contributed by atoms with Crippen molar-refractivity contribution in [3.8, 4) is 5.69 Å². The molecule has 0 saturated carbocycles. The van der Waals surface area contributed by atoms with Gasteiger partial charge in [-0.1, -0.05) is 36.4 Å². The Bertz CT molecular complexity index is 1410. The smallest absolute Gasteiger partial charge is 0.253 e. The molecule has 1 N–H and O–H groups in total. The number of rotatable bonds is 5. The van der Waals surface area contributed by atoms with Crippen molar-refractivity contribution in [3.05, 3.63) is 95.1 Å². The Morgan fingerprint density at radius 1 is 1.06 bits per heavy atom. The first-order valence-corrected chi connectivity index (χ1v) is 12.8. The standard InChI is InChI=1S/C24H22N4O3S2/c1-17-11-12-25-28(17)21-9-4-8-20(15-21)26-24(29)22-14-18-6-2-3-7-19(18)16-27(22)33(30,31)23-10-5-13-32-23/h2-13,15,22H,14,16H2,1H3,(H,26,29)/t22-/m0/s1. The van der Waals surface area contributed by atoms with E-state index >= 15 is 0 Å². The predicted molar refractivity (Wildman–Crippen MR) is 128 cm³/mol. The molecule has 1 amide bonds. The second kappa shape index (κ2) is 8.58. The number of thiophene rings is 1. The summed E-state index contributed by atoms with van der Waals surface area (Å²) in [5.74, 6) is -0.362. The number of carbonyl (C=O) groups is 1. The van der Waals surface area contributed by atoms with Crippen LogP contribution in [0.3, 0.4) is 0 Å². The van der Waals surface area contributed by atoms with Crippen molar-refractivity contribution in [2.45, 2.75) is 30.1 Å². The molecule has 2 aromatic heterocycles.